The summed E-state index contributed by atoms with van der Waals surface area (Å²) < 4.78 is 12.0. The van der Waals surface area contributed by atoms with Gasteiger partial charge >= 0.3 is 6.09 Å². The van der Waals surface area contributed by atoms with Gasteiger partial charge in [0.25, 0.3) is 0 Å². The van der Waals surface area contributed by atoms with Crippen molar-refractivity contribution in [2.45, 2.75) is 96.3 Å². The van der Waals surface area contributed by atoms with E-state index < -0.39 is 5.60 Å². The van der Waals surface area contributed by atoms with Gasteiger partial charge in [0.15, 0.2) is 0 Å². The van der Waals surface area contributed by atoms with Crippen LogP contribution in [0, 0.1) is 0 Å². The molecule has 1 atom stereocenters. The van der Waals surface area contributed by atoms with Gasteiger partial charge in [-0.15, -0.1) is 11.3 Å². The smallest absolute Gasteiger partial charge is 0.410 e. The highest BCUT2D eigenvalue weighted by atomic mass is 32.1. The zero-order valence-corrected chi connectivity index (χ0v) is 20.2. The molecule has 1 saturated carbocycles. The number of hydrogen-bond acceptors (Lipinski definition) is 7. The Morgan fingerprint density at radius 3 is 2.62 bits per heavy atom. The lowest BCUT2D eigenvalue weighted by molar-refractivity contribution is -0.108. The van der Waals surface area contributed by atoms with Crippen molar-refractivity contribution < 1.29 is 19.1 Å². The number of carbonyl (C=O) groups is 2. The van der Waals surface area contributed by atoms with Crippen LogP contribution in [0.25, 0.3) is 10.2 Å². The van der Waals surface area contributed by atoms with E-state index in [1.807, 2.05) is 32.6 Å². The molecule has 0 radical (unpaired) electrons. The highest BCUT2D eigenvalue weighted by molar-refractivity contribution is 7.19. The minimum absolute atomic E-state index is 0.0585. The minimum atomic E-state index is -0.494. The molecule has 2 aromatic rings. The van der Waals surface area contributed by atoms with Crippen molar-refractivity contribution in [2.24, 2.45) is 0 Å². The average molecular weight is 460 g/mol. The largest absolute Gasteiger partial charge is 0.474 e. The van der Waals surface area contributed by atoms with Crippen LogP contribution in [0.5, 0.6) is 5.88 Å². The molecule has 2 heterocycles. The van der Waals surface area contributed by atoms with Gasteiger partial charge in [-0.2, -0.15) is 0 Å². The van der Waals surface area contributed by atoms with Gasteiger partial charge in [-0.3, -0.25) is 0 Å². The second kappa shape index (κ2) is 9.33. The molecule has 0 spiro atoms. The van der Waals surface area contributed by atoms with Gasteiger partial charge in [0.05, 0.1) is 5.39 Å². The summed E-state index contributed by atoms with van der Waals surface area (Å²) in [4.78, 5) is 36.8. The fourth-order valence-corrected chi connectivity index (χ4v) is 6.20. The van der Waals surface area contributed by atoms with E-state index in [9.17, 15) is 9.59 Å². The summed E-state index contributed by atoms with van der Waals surface area (Å²) in [5.74, 6) is 0.889. The Morgan fingerprint density at radius 2 is 1.97 bits per heavy atom. The number of thiophene rings is 1. The molecule has 0 bridgehead atoms. The number of aldehydes is 1. The van der Waals surface area contributed by atoms with Crippen molar-refractivity contribution in [3.63, 3.8) is 0 Å². The maximum Gasteiger partial charge on any atom is 0.410 e. The van der Waals surface area contributed by atoms with Gasteiger partial charge < -0.3 is 19.2 Å². The summed E-state index contributed by atoms with van der Waals surface area (Å²) in [6.07, 6.45) is 8.42. The summed E-state index contributed by atoms with van der Waals surface area (Å²) in [7, 11) is 0. The number of amides is 1. The lowest BCUT2D eigenvalue weighted by atomic mass is 9.92. The third-order valence-electron chi connectivity index (χ3n) is 6.41. The lowest BCUT2D eigenvalue weighted by Crippen LogP contribution is -2.45. The molecule has 0 aliphatic heterocycles. The van der Waals surface area contributed by atoms with Crippen molar-refractivity contribution >= 4 is 33.9 Å². The van der Waals surface area contributed by atoms with Crippen LogP contribution in [0.1, 0.15) is 82.6 Å². The molecule has 0 aromatic carbocycles. The summed E-state index contributed by atoms with van der Waals surface area (Å²) in [6.45, 7) is 8.32. The van der Waals surface area contributed by atoms with Gasteiger partial charge in [-0.25, -0.2) is 14.8 Å². The topological polar surface area (TPSA) is 81.6 Å². The first kappa shape index (κ1) is 23.0. The number of ether oxygens (including phenoxy) is 2. The third-order valence-corrected chi connectivity index (χ3v) is 7.58. The van der Waals surface area contributed by atoms with Gasteiger partial charge in [0.1, 0.15) is 29.1 Å². The molecule has 7 nitrogen and oxygen atoms in total. The summed E-state index contributed by atoms with van der Waals surface area (Å²) >= 11 is 1.70. The van der Waals surface area contributed by atoms with E-state index in [4.69, 9.17) is 9.47 Å². The van der Waals surface area contributed by atoms with Crippen LogP contribution in [-0.4, -0.2) is 51.5 Å². The van der Waals surface area contributed by atoms with Crippen LogP contribution >= 0.6 is 11.3 Å². The molecule has 2 aliphatic rings. The SMILES string of the molecule is CCN(C(=O)OC(C)(C)C)[C@H]1CC[C@H](Oc2ncnc3sc4c(c23)[C@@H](CC=O)CC4)CC1. The number of hydrogen-bond donors (Lipinski definition) is 0. The molecule has 2 aliphatic carbocycles. The van der Waals surface area contributed by atoms with Crippen molar-refractivity contribution in [1.29, 1.82) is 0 Å². The van der Waals surface area contributed by atoms with Gasteiger partial charge in [-0.1, -0.05) is 0 Å². The highest BCUT2D eigenvalue weighted by Gasteiger charge is 2.33. The Hall–Kier alpha value is -2.22. The summed E-state index contributed by atoms with van der Waals surface area (Å²) in [6, 6.07) is 0.169. The molecule has 1 amide bonds. The molecular formula is C24H33N3O4S. The van der Waals surface area contributed by atoms with Gasteiger partial charge in [-0.05, 0) is 77.7 Å². The number of carbonyl (C=O) groups excluding carboxylic acids is 2. The second-order valence-corrected chi connectivity index (χ2v) is 10.8. The molecule has 0 saturated heterocycles. The van der Waals surface area contributed by atoms with Gasteiger partial charge in [0.2, 0.25) is 5.88 Å². The summed E-state index contributed by atoms with van der Waals surface area (Å²) in [5.41, 5.74) is 0.731. The number of rotatable bonds is 6. The van der Waals surface area contributed by atoms with Crippen LogP contribution in [-0.2, 0) is 16.0 Å². The Balaban J connectivity index is 1.45. The number of nitrogens with zero attached hydrogens (tertiary/aromatic N) is 3. The quantitative estimate of drug-likeness (QED) is 0.548. The molecular weight excluding hydrogens is 426 g/mol. The Bertz CT molecular complexity index is 976. The molecule has 4 rings (SSSR count). The fraction of sp³-hybridized carbons (Fsp3) is 0.667. The average Bonchev–Trinajstić information content (AvgIpc) is 3.29. The summed E-state index contributed by atoms with van der Waals surface area (Å²) in [5, 5.41) is 1.00. The number of aryl methyl sites for hydroxylation is 1. The lowest BCUT2D eigenvalue weighted by Gasteiger charge is -2.37. The maximum absolute atomic E-state index is 12.6. The van der Waals surface area contributed by atoms with Crippen LogP contribution in [0.15, 0.2) is 6.33 Å². The van der Waals surface area contributed by atoms with Crippen LogP contribution in [0.2, 0.25) is 0 Å². The normalized spacial score (nSPS) is 23.1. The van der Waals surface area contributed by atoms with Crippen molar-refractivity contribution in [2.75, 3.05) is 6.54 Å². The maximum atomic E-state index is 12.6. The second-order valence-electron chi connectivity index (χ2n) is 9.75. The molecule has 2 aromatic heterocycles. The van der Waals surface area contributed by atoms with Crippen LogP contribution in [0.3, 0.4) is 0 Å². The standard InChI is InChI=1S/C24H33N3O4S/c1-5-27(23(29)31-24(2,3)4)16-7-9-17(10-8-16)30-21-20-19-15(12-13-28)6-11-18(19)32-22(20)26-14-25-21/h13-17H,5-12H2,1-4H3/t15-,16-,17-/m1/s1. The zero-order chi connectivity index (χ0) is 22.9. The predicted molar refractivity (Wildman–Crippen MR) is 124 cm³/mol. The Labute approximate surface area is 193 Å². The van der Waals surface area contributed by atoms with E-state index in [0.717, 1.165) is 55.0 Å². The monoisotopic (exact) mass is 459 g/mol. The van der Waals surface area contributed by atoms with E-state index in [1.165, 1.54) is 10.4 Å². The highest BCUT2D eigenvalue weighted by Crippen LogP contribution is 2.47. The molecule has 0 N–H and O–H groups in total. The third kappa shape index (κ3) is 4.75. The van der Waals surface area contributed by atoms with E-state index in [1.54, 1.807) is 17.7 Å². The number of fused-ring (bicyclic) bond motifs is 3. The van der Waals surface area contributed by atoms with Crippen LogP contribution < -0.4 is 4.74 Å². The molecule has 1 fully saturated rings. The zero-order valence-electron chi connectivity index (χ0n) is 19.4. The first-order chi connectivity index (χ1) is 15.3. The van der Waals surface area contributed by atoms with E-state index >= 15 is 0 Å². The Kier molecular flexibility index (Phi) is 6.70. The van der Waals surface area contributed by atoms with E-state index in [0.29, 0.717) is 18.8 Å². The minimum Gasteiger partial charge on any atom is -0.474 e. The fourth-order valence-electron chi connectivity index (χ4n) is 4.97. The Morgan fingerprint density at radius 1 is 1.22 bits per heavy atom. The van der Waals surface area contributed by atoms with E-state index in [2.05, 4.69) is 9.97 Å². The van der Waals surface area contributed by atoms with E-state index in [-0.39, 0.29) is 24.2 Å². The van der Waals surface area contributed by atoms with Crippen molar-refractivity contribution in [1.82, 2.24) is 14.9 Å². The molecule has 0 unspecified atom stereocenters. The molecule has 174 valence electrons. The molecule has 32 heavy (non-hydrogen) atoms. The molecule has 8 heteroatoms. The first-order valence-electron chi connectivity index (χ1n) is 11.7. The van der Waals surface area contributed by atoms with Crippen molar-refractivity contribution in [3.8, 4) is 5.88 Å². The predicted octanol–water partition coefficient (Wildman–Crippen LogP) is 5.26. The number of aromatic nitrogens is 2. The van der Waals surface area contributed by atoms with Gasteiger partial charge in [0, 0.05) is 23.9 Å². The van der Waals surface area contributed by atoms with Crippen molar-refractivity contribution in [3.05, 3.63) is 16.8 Å². The van der Waals surface area contributed by atoms with Crippen LogP contribution in [0.4, 0.5) is 4.79 Å². The first-order valence-corrected chi connectivity index (χ1v) is 12.5.